The Kier molecular flexibility index (Phi) is 2.68. The molecule has 0 aromatic heterocycles. The Morgan fingerprint density at radius 1 is 1.24 bits per heavy atom. The summed E-state index contributed by atoms with van der Waals surface area (Å²) in [4.78, 5) is 2.43. The number of aliphatic hydroxyl groups excluding tert-OH is 1. The molecular formula is C14H18FNO. The quantitative estimate of drug-likeness (QED) is 0.850. The third-order valence-corrected chi connectivity index (χ3v) is 4.16. The van der Waals surface area contributed by atoms with Crippen LogP contribution in [0.5, 0.6) is 0 Å². The second-order valence-corrected chi connectivity index (χ2v) is 5.26. The minimum Gasteiger partial charge on any atom is -0.393 e. The maximum absolute atomic E-state index is 13.3. The van der Waals surface area contributed by atoms with E-state index in [9.17, 15) is 9.50 Å². The van der Waals surface area contributed by atoms with Gasteiger partial charge in [0, 0.05) is 18.6 Å². The molecular weight excluding hydrogens is 217 g/mol. The van der Waals surface area contributed by atoms with Gasteiger partial charge in [-0.15, -0.1) is 0 Å². The smallest absolute Gasteiger partial charge is 0.123 e. The SMILES string of the molecule is OC1CCN(C2(c3cccc(F)c3)CC2)CC1. The van der Waals surface area contributed by atoms with E-state index in [1.165, 1.54) is 6.07 Å². The summed E-state index contributed by atoms with van der Waals surface area (Å²) < 4.78 is 13.3. The third kappa shape index (κ3) is 1.98. The Hall–Kier alpha value is -0.930. The first-order valence-electron chi connectivity index (χ1n) is 6.40. The molecule has 2 fully saturated rings. The van der Waals surface area contributed by atoms with Gasteiger partial charge in [-0.25, -0.2) is 4.39 Å². The molecule has 1 N–H and O–H groups in total. The molecule has 1 aromatic carbocycles. The van der Waals surface area contributed by atoms with Crippen LogP contribution in [0.3, 0.4) is 0 Å². The van der Waals surface area contributed by atoms with Crippen molar-refractivity contribution in [2.75, 3.05) is 13.1 Å². The molecule has 1 saturated heterocycles. The molecule has 2 aliphatic rings. The zero-order valence-corrected chi connectivity index (χ0v) is 9.90. The van der Waals surface area contributed by atoms with Gasteiger partial charge in [-0.2, -0.15) is 0 Å². The second kappa shape index (κ2) is 4.07. The highest BCUT2D eigenvalue weighted by atomic mass is 19.1. The molecule has 92 valence electrons. The predicted molar refractivity (Wildman–Crippen MR) is 64.1 cm³/mol. The van der Waals surface area contributed by atoms with Crippen molar-refractivity contribution in [3.63, 3.8) is 0 Å². The van der Waals surface area contributed by atoms with Gasteiger partial charge in [0.15, 0.2) is 0 Å². The van der Waals surface area contributed by atoms with Gasteiger partial charge in [-0.3, -0.25) is 4.90 Å². The predicted octanol–water partition coefficient (Wildman–Crippen LogP) is 2.27. The van der Waals surface area contributed by atoms with Crippen LogP contribution in [0.15, 0.2) is 24.3 Å². The average Bonchev–Trinajstić information content (AvgIpc) is 3.11. The maximum Gasteiger partial charge on any atom is 0.123 e. The third-order valence-electron chi connectivity index (χ3n) is 4.16. The van der Waals surface area contributed by atoms with Crippen LogP contribution in [-0.2, 0) is 5.54 Å². The highest BCUT2D eigenvalue weighted by molar-refractivity contribution is 5.31. The summed E-state index contributed by atoms with van der Waals surface area (Å²) in [5.74, 6) is -0.147. The first-order chi connectivity index (χ1) is 8.21. The second-order valence-electron chi connectivity index (χ2n) is 5.26. The molecule has 0 radical (unpaired) electrons. The summed E-state index contributed by atoms with van der Waals surface area (Å²) in [6, 6.07) is 6.99. The lowest BCUT2D eigenvalue weighted by molar-refractivity contribution is 0.0521. The lowest BCUT2D eigenvalue weighted by atomic mass is 9.98. The van der Waals surface area contributed by atoms with Gasteiger partial charge in [-0.05, 0) is 43.4 Å². The number of hydrogen-bond acceptors (Lipinski definition) is 2. The lowest BCUT2D eigenvalue weighted by Gasteiger charge is -2.37. The van der Waals surface area contributed by atoms with E-state index in [0.29, 0.717) is 0 Å². The molecule has 0 spiro atoms. The molecule has 1 saturated carbocycles. The van der Waals surface area contributed by atoms with E-state index in [4.69, 9.17) is 0 Å². The summed E-state index contributed by atoms with van der Waals surface area (Å²) >= 11 is 0. The van der Waals surface area contributed by atoms with E-state index in [0.717, 1.165) is 44.3 Å². The van der Waals surface area contributed by atoms with Crippen molar-refractivity contribution in [2.45, 2.75) is 37.3 Å². The normalized spacial score (nSPS) is 24.8. The molecule has 3 rings (SSSR count). The highest BCUT2D eigenvalue weighted by Crippen LogP contribution is 2.51. The average molecular weight is 235 g/mol. The summed E-state index contributed by atoms with van der Waals surface area (Å²) in [6.45, 7) is 1.86. The highest BCUT2D eigenvalue weighted by Gasteiger charge is 2.49. The van der Waals surface area contributed by atoms with Crippen molar-refractivity contribution in [3.8, 4) is 0 Å². The number of piperidine rings is 1. The molecule has 17 heavy (non-hydrogen) atoms. The van der Waals surface area contributed by atoms with Crippen LogP contribution in [0, 0.1) is 5.82 Å². The fourth-order valence-electron chi connectivity index (χ4n) is 2.98. The van der Waals surface area contributed by atoms with Gasteiger partial charge < -0.3 is 5.11 Å². The molecule has 0 atom stereocenters. The number of likely N-dealkylation sites (tertiary alicyclic amines) is 1. The Labute approximate surface area is 101 Å². The number of aliphatic hydroxyl groups is 1. The van der Waals surface area contributed by atoms with Gasteiger partial charge in [0.05, 0.1) is 6.10 Å². The van der Waals surface area contributed by atoms with E-state index >= 15 is 0 Å². The van der Waals surface area contributed by atoms with E-state index in [2.05, 4.69) is 4.90 Å². The van der Waals surface area contributed by atoms with E-state index < -0.39 is 0 Å². The van der Waals surface area contributed by atoms with E-state index in [1.807, 2.05) is 6.07 Å². The van der Waals surface area contributed by atoms with Gasteiger partial charge >= 0.3 is 0 Å². The summed E-state index contributed by atoms with van der Waals surface area (Å²) in [5.41, 5.74) is 1.18. The fourth-order valence-corrected chi connectivity index (χ4v) is 2.98. The maximum atomic E-state index is 13.3. The Morgan fingerprint density at radius 2 is 1.94 bits per heavy atom. The van der Waals surface area contributed by atoms with Crippen molar-refractivity contribution in [2.24, 2.45) is 0 Å². The van der Waals surface area contributed by atoms with Crippen molar-refractivity contribution in [1.82, 2.24) is 4.90 Å². The standard InChI is InChI=1S/C14H18FNO/c15-12-3-1-2-11(10-12)14(6-7-14)16-8-4-13(17)5-9-16/h1-3,10,13,17H,4-9H2. The fraction of sp³-hybridized carbons (Fsp3) is 0.571. The minimum absolute atomic E-state index is 0.0717. The number of hydrogen-bond donors (Lipinski definition) is 1. The molecule has 1 aliphatic carbocycles. The number of benzene rings is 1. The molecule has 1 heterocycles. The summed E-state index contributed by atoms with van der Waals surface area (Å²) in [6.07, 6.45) is 3.78. The molecule has 0 amide bonds. The Morgan fingerprint density at radius 3 is 2.53 bits per heavy atom. The van der Waals surface area contributed by atoms with E-state index in [-0.39, 0.29) is 17.5 Å². The van der Waals surface area contributed by atoms with Crippen LogP contribution in [0.25, 0.3) is 0 Å². The molecule has 3 heteroatoms. The van der Waals surface area contributed by atoms with E-state index in [1.54, 1.807) is 12.1 Å². The summed E-state index contributed by atoms with van der Waals surface area (Å²) in [5, 5.41) is 9.54. The molecule has 2 nitrogen and oxygen atoms in total. The van der Waals surface area contributed by atoms with Gasteiger partial charge in [0.2, 0.25) is 0 Å². The van der Waals surface area contributed by atoms with Crippen LogP contribution < -0.4 is 0 Å². The number of nitrogens with zero attached hydrogens (tertiary/aromatic N) is 1. The first kappa shape index (κ1) is 11.2. The molecule has 1 aliphatic heterocycles. The summed E-state index contributed by atoms with van der Waals surface area (Å²) in [7, 11) is 0. The van der Waals surface area contributed by atoms with Crippen LogP contribution >= 0.6 is 0 Å². The zero-order valence-electron chi connectivity index (χ0n) is 9.90. The molecule has 0 unspecified atom stereocenters. The van der Waals surface area contributed by atoms with Crippen molar-refractivity contribution in [1.29, 1.82) is 0 Å². The van der Waals surface area contributed by atoms with Crippen molar-refractivity contribution in [3.05, 3.63) is 35.6 Å². The van der Waals surface area contributed by atoms with Gasteiger partial charge in [0.25, 0.3) is 0 Å². The number of halogens is 1. The Bertz CT molecular complexity index is 408. The largest absolute Gasteiger partial charge is 0.393 e. The lowest BCUT2D eigenvalue weighted by Crippen LogP contribution is -2.42. The van der Waals surface area contributed by atoms with Crippen LogP contribution in [0.2, 0.25) is 0 Å². The van der Waals surface area contributed by atoms with Crippen LogP contribution in [0.1, 0.15) is 31.2 Å². The molecule has 1 aromatic rings. The minimum atomic E-state index is -0.147. The monoisotopic (exact) mass is 235 g/mol. The van der Waals surface area contributed by atoms with Crippen molar-refractivity contribution >= 4 is 0 Å². The van der Waals surface area contributed by atoms with Crippen molar-refractivity contribution < 1.29 is 9.50 Å². The Balaban J connectivity index is 1.82. The first-order valence-corrected chi connectivity index (χ1v) is 6.40. The van der Waals surface area contributed by atoms with Gasteiger partial charge in [0.1, 0.15) is 5.82 Å². The van der Waals surface area contributed by atoms with Crippen LogP contribution in [0.4, 0.5) is 4.39 Å². The van der Waals surface area contributed by atoms with Crippen LogP contribution in [-0.4, -0.2) is 29.2 Å². The topological polar surface area (TPSA) is 23.5 Å². The number of rotatable bonds is 2. The van der Waals surface area contributed by atoms with Gasteiger partial charge in [-0.1, -0.05) is 12.1 Å². The molecule has 0 bridgehead atoms. The zero-order chi connectivity index (χ0) is 11.9.